The maximum absolute atomic E-state index is 10.5. The SMILES string of the molecule is CCc1ccc(Br)c(CC(=O)O)c1. The van der Waals surface area contributed by atoms with Crippen LogP contribution in [0.4, 0.5) is 0 Å². The molecule has 0 saturated heterocycles. The molecule has 0 radical (unpaired) electrons. The van der Waals surface area contributed by atoms with Gasteiger partial charge in [0.25, 0.3) is 0 Å². The minimum Gasteiger partial charge on any atom is -0.481 e. The van der Waals surface area contributed by atoms with E-state index >= 15 is 0 Å². The molecule has 3 heteroatoms. The lowest BCUT2D eigenvalue weighted by atomic mass is 10.1. The molecule has 13 heavy (non-hydrogen) atoms. The van der Waals surface area contributed by atoms with Crippen LogP contribution < -0.4 is 0 Å². The molecule has 2 nitrogen and oxygen atoms in total. The van der Waals surface area contributed by atoms with E-state index in [2.05, 4.69) is 15.9 Å². The molecule has 0 bridgehead atoms. The van der Waals surface area contributed by atoms with Crippen LogP contribution in [0.2, 0.25) is 0 Å². The fourth-order valence-electron chi connectivity index (χ4n) is 1.15. The molecule has 1 rings (SSSR count). The van der Waals surface area contributed by atoms with Gasteiger partial charge in [-0.2, -0.15) is 0 Å². The highest BCUT2D eigenvalue weighted by Gasteiger charge is 2.05. The first kappa shape index (κ1) is 10.3. The van der Waals surface area contributed by atoms with Crippen LogP contribution in [0.3, 0.4) is 0 Å². The summed E-state index contributed by atoms with van der Waals surface area (Å²) in [6.07, 6.45) is 1.01. The van der Waals surface area contributed by atoms with E-state index in [4.69, 9.17) is 5.11 Å². The number of benzene rings is 1. The van der Waals surface area contributed by atoms with Gasteiger partial charge in [-0.1, -0.05) is 35.0 Å². The van der Waals surface area contributed by atoms with Crippen LogP contribution in [0.25, 0.3) is 0 Å². The Hall–Kier alpha value is -0.830. The standard InChI is InChI=1S/C10H11BrO2/c1-2-7-3-4-9(11)8(5-7)6-10(12)13/h3-5H,2,6H2,1H3,(H,12,13). The molecule has 1 aromatic carbocycles. The van der Waals surface area contributed by atoms with E-state index in [1.54, 1.807) is 0 Å². The van der Waals surface area contributed by atoms with E-state index < -0.39 is 5.97 Å². The maximum Gasteiger partial charge on any atom is 0.307 e. The molecule has 0 unspecified atom stereocenters. The predicted octanol–water partition coefficient (Wildman–Crippen LogP) is 2.64. The van der Waals surface area contributed by atoms with Crippen molar-refractivity contribution in [3.05, 3.63) is 33.8 Å². The van der Waals surface area contributed by atoms with E-state index in [9.17, 15) is 4.79 Å². The molecular formula is C10H11BrO2. The number of rotatable bonds is 3. The largest absolute Gasteiger partial charge is 0.481 e. The molecule has 0 heterocycles. The smallest absolute Gasteiger partial charge is 0.307 e. The summed E-state index contributed by atoms with van der Waals surface area (Å²) in [5, 5.41) is 8.63. The first-order chi connectivity index (χ1) is 6.13. The average Bonchev–Trinajstić information content (AvgIpc) is 2.08. The van der Waals surface area contributed by atoms with Gasteiger partial charge in [0.15, 0.2) is 0 Å². The van der Waals surface area contributed by atoms with Crippen molar-refractivity contribution in [3.63, 3.8) is 0 Å². The van der Waals surface area contributed by atoms with Gasteiger partial charge in [-0.05, 0) is 23.6 Å². The van der Waals surface area contributed by atoms with Crippen LogP contribution in [0.5, 0.6) is 0 Å². The fourth-order valence-corrected chi connectivity index (χ4v) is 1.53. The number of hydrogen-bond donors (Lipinski definition) is 1. The molecule has 0 aliphatic carbocycles. The van der Waals surface area contributed by atoms with E-state index in [1.165, 1.54) is 5.56 Å². The van der Waals surface area contributed by atoms with Gasteiger partial charge in [0, 0.05) is 4.47 Å². The summed E-state index contributed by atoms with van der Waals surface area (Å²) < 4.78 is 0.868. The highest BCUT2D eigenvalue weighted by molar-refractivity contribution is 9.10. The normalized spacial score (nSPS) is 10.0. The molecule has 0 saturated carbocycles. The summed E-state index contributed by atoms with van der Waals surface area (Å²) in [5.41, 5.74) is 2.01. The van der Waals surface area contributed by atoms with Gasteiger partial charge in [-0.3, -0.25) is 4.79 Å². The molecule has 1 N–H and O–H groups in total. The zero-order valence-corrected chi connectivity index (χ0v) is 8.97. The maximum atomic E-state index is 10.5. The molecule has 0 aromatic heterocycles. The van der Waals surface area contributed by atoms with Crippen LogP contribution in [0.1, 0.15) is 18.1 Å². The van der Waals surface area contributed by atoms with Crippen LogP contribution in [-0.2, 0) is 17.6 Å². The Morgan fingerprint density at radius 1 is 1.54 bits per heavy atom. The summed E-state index contributed by atoms with van der Waals surface area (Å²) in [5.74, 6) is -0.797. The van der Waals surface area contributed by atoms with Gasteiger partial charge in [0.1, 0.15) is 0 Å². The van der Waals surface area contributed by atoms with Gasteiger partial charge < -0.3 is 5.11 Å². The van der Waals surface area contributed by atoms with Crippen LogP contribution in [0.15, 0.2) is 22.7 Å². The van der Waals surface area contributed by atoms with Crippen molar-refractivity contribution >= 4 is 21.9 Å². The minimum atomic E-state index is -0.797. The summed E-state index contributed by atoms with van der Waals surface area (Å²) in [6, 6.07) is 5.82. The lowest BCUT2D eigenvalue weighted by molar-refractivity contribution is -0.136. The van der Waals surface area contributed by atoms with Crippen molar-refractivity contribution < 1.29 is 9.90 Å². The first-order valence-corrected chi connectivity index (χ1v) is 4.92. The number of aliphatic carboxylic acids is 1. The lowest BCUT2D eigenvalue weighted by Crippen LogP contribution is -2.01. The van der Waals surface area contributed by atoms with Gasteiger partial charge in [-0.25, -0.2) is 0 Å². The third-order valence-electron chi connectivity index (χ3n) is 1.86. The summed E-state index contributed by atoms with van der Waals surface area (Å²) in [4.78, 5) is 10.5. The number of halogens is 1. The Bertz CT molecular complexity index is 321. The van der Waals surface area contributed by atoms with Crippen molar-refractivity contribution in [2.75, 3.05) is 0 Å². The number of aryl methyl sites for hydroxylation is 1. The minimum absolute atomic E-state index is 0.0778. The summed E-state index contributed by atoms with van der Waals surface area (Å²) >= 11 is 3.32. The lowest BCUT2D eigenvalue weighted by Gasteiger charge is -2.03. The second kappa shape index (κ2) is 4.42. The first-order valence-electron chi connectivity index (χ1n) is 4.12. The topological polar surface area (TPSA) is 37.3 Å². The summed E-state index contributed by atoms with van der Waals surface area (Å²) in [7, 11) is 0. The quantitative estimate of drug-likeness (QED) is 0.885. The zero-order chi connectivity index (χ0) is 9.84. The highest BCUT2D eigenvalue weighted by Crippen LogP contribution is 2.19. The Kier molecular flexibility index (Phi) is 3.48. The summed E-state index contributed by atoms with van der Waals surface area (Å²) in [6.45, 7) is 2.05. The average molecular weight is 243 g/mol. The molecular weight excluding hydrogens is 232 g/mol. The third-order valence-corrected chi connectivity index (χ3v) is 2.63. The van der Waals surface area contributed by atoms with E-state index in [0.717, 1.165) is 16.5 Å². The molecule has 1 aromatic rings. The van der Waals surface area contributed by atoms with Crippen molar-refractivity contribution in [1.29, 1.82) is 0 Å². The van der Waals surface area contributed by atoms with E-state index in [1.807, 2.05) is 25.1 Å². The van der Waals surface area contributed by atoms with Crippen LogP contribution in [0, 0.1) is 0 Å². The van der Waals surface area contributed by atoms with Crippen molar-refractivity contribution in [1.82, 2.24) is 0 Å². The van der Waals surface area contributed by atoms with Crippen LogP contribution >= 0.6 is 15.9 Å². The Balaban J connectivity index is 2.96. The number of carboxylic acids is 1. The number of carbonyl (C=O) groups is 1. The molecule has 0 aliphatic rings. The van der Waals surface area contributed by atoms with Crippen molar-refractivity contribution in [3.8, 4) is 0 Å². The molecule has 0 spiro atoms. The van der Waals surface area contributed by atoms with Crippen molar-refractivity contribution in [2.45, 2.75) is 19.8 Å². The number of hydrogen-bond acceptors (Lipinski definition) is 1. The Labute approximate surface area is 85.7 Å². The Morgan fingerprint density at radius 2 is 2.23 bits per heavy atom. The number of carboxylic acid groups (broad SMARTS) is 1. The fraction of sp³-hybridized carbons (Fsp3) is 0.300. The Morgan fingerprint density at radius 3 is 2.77 bits per heavy atom. The predicted molar refractivity (Wildman–Crippen MR) is 54.9 cm³/mol. The third kappa shape index (κ3) is 2.84. The molecule has 0 atom stereocenters. The highest BCUT2D eigenvalue weighted by atomic mass is 79.9. The van der Waals surface area contributed by atoms with Crippen molar-refractivity contribution in [2.24, 2.45) is 0 Å². The molecule has 0 fully saturated rings. The zero-order valence-electron chi connectivity index (χ0n) is 7.38. The second-order valence-electron chi connectivity index (χ2n) is 2.85. The molecule has 0 amide bonds. The van der Waals surface area contributed by atoms with E-state index in [0.29, 0.717) is 0 Å². The molecule has 0 aliphatic heterocycles. The van der Waals surface area contributed by atoms with Crippen LogP contribution in [-0.4, -0.2) is 11.1 Å². The molecule has 70 valence electrons. The van der Waals surface area contributed by atoms with E-state index in [-0.39, 0.29) is 6.42 Å². The van der Waals surface area contributed by atoms with Gasteiger partial charge >= 0.3 is 5.97 Å². The van der Waals surface area contributed by atoms with Gasteiger partial charge in [-0.15, -0.1) is 0 Å². The van der Waals surface area contributed by atoms with Gasteiger partial charge in [0.05, 0.1) is 6.42 Å². The second-order valence-corrected chi connectivity index (χ2v) is 3.70. The van der Waals surface area contributed by atoms with Gasteiger partial charge in [0.2, 0.25) is 0 Å². The monoisotopic (exact) mass is 242 g/mol.